The van der Waals surface area contributed by atoms with Crippen molar-refractivity contribution in [3.8, 4) is 0 Å². The third-order valence-corrected chi connectivity index (χ3v) is 4.74. The molecule has 2 unspecified atom stereocenters. The average Bonchev–Trinajstić information content (AvgIpc) is 3.17. The summed E-state index contributed by atoms with van der Waals surface area (Å²) in [5.41, 5.74) is 2.24. The molecule has 0 bridgehead atoms. The zero-order valence-electron chi connectivity index (χ0n) is 10.9. The van der Waals surface area contributed by atoms with Crippen LogP contribution in [0.1, 0.15) is 24.8 Å². The third-order valence-electron chi connectivity index (χ3n) is 3.62. The van der Waals surface area contributed by atoms with Crippen LogP contribution in [0.25, 0.3) is 0 Å². The smallest absolute Gasteiger partial charge is 0.150 e. The van der Waals surface area contributed by atoms with Crippen molar-refractivity contribution < 1.29 is 4.21 Å². The van der Waals surface area contributed by atoms with Crippen LogP contribution >= 0.6 is 0 Å². The molecule has 0 saturated heterocycles. The van der Waals surface area contributed by atoms with Crippen molar-refractivity contribution in [1.82, 2.24) is 0 Å². The molecule has 0 amide bonds. The van der Waals surface area contributed by atoms with E-state index < -0.39 is 11.0 Å². The fourth-order valence-electron chi connectivity index (χ4n) is 2.30. The maximum absolute atomic E-state index is 12.2. The molecule has 0 aliphatic heterocycles. The van der Waals surface area contributed by atoms with Gasteiger partial charge in [-0.2, -0.15) is 0 Å². The summed E-state index contributed by atoms with van der Waals surface area (Å²) in [6, 6.07) is 17.8. The van der Waals surface area contributed by atoms with Gasteiger partial charge in [0.15, 0.2) is 0 Å². The molecule has 19 heavy (non-hydrogen) atoms. The van der Waals surface area contributed by atoms with Crippen LogP contribution in [-0.2, 0) is 11.0 Å². The van der Waals surface area contributed by atoms with Gasteiger partial charge in [-0.1, -0.05) is 37.3 Å². The predicted octanol–water partition coefficient (Wildman–Crippen LogP) is 3.94. The molecule has 3 heteroatoms. The van der Waals surface area contributed by atoms with Crippen LogP contribution in [0.4, 0.5) is 5.69 Å². The number of nitrogens with one attached hydrogen (secondary N) is 1. The second-order valence-electron chi connectivity index (χ2n) is 5.13. The Morgan fingerprint density at radius 2 is 1.68 bits per heavy atom. The van der Waals surface area contributed by atoms with E-state index in [9.17, 15) is 4.21 Å². The van der Waals surface area contributed by atoms with Gasteiger partial charge >= 0.3 is 0 Å². The summed E-state index contributed by atoms with van der Waals surface area (Å²) in [4.78, 5) is 0.820. The standard InChI is InChI=1S/C16H17NOS/c1-12-11-16(12)13-7-9-15(10-8-13)19(18)17-14-5-3-2-4-6-14/h2-10,12,16-17H,11H2,1H3/t12?,16-,19?/m1/s1. The molecule has 0 spiro atoms. The summed E-state index contributed by atoms with van der Waals surface area (Å²) < 4.78 is 15.2. The van der Waals surface area contributed by atoms with Gasteiger partial charge in [-0.05, 0) is 48.1 Å². The van der Waals surface area contributed by atoms with E-state index >= 15 is 0 Å². The molecule has 2 aromatic rings. The number of para-hydroxylation sites is 1. The average molecular weight is 271 g/mol. The van der Waals surface area contributed by atoms with E-state index in [1.54, 1.807) is 0 Å². The molecule has 3 rings (SSSR count). The second-order valence-corrected chi connectivity index (χ2v) is 6.34. The SMILES string of the molecule is CC1C[C@H]1c1ccc(S(=O)Nc2ccccc2)cc1. The molecule has 98 valence electrons. The van der Waals surface area contributed by atoms with Crippen molar-refractivity contribution in [3.05, 3.63) is 60.2 Å². The topological polar surface area (TPSA) is 29.1 Å². The minimum Gasteiger partial charge on any atom is -0.301 e. The van der Waals surface area contributed by atoms with E-state index in [0.29, 0.717) is 5.92 Å². The summed E-state index contributed by atoms with van der Waals surface area (Å²) in [7, 11) is -1.19. The van der Waals surface area contributed by atoms with Crippen LogP contribution in [0.5, 0.6) is 0 Å². The molecule has 2 aromatic carbocycles. The fourth-order valence-corrected chi connectivity index (χ4v) is 3.15. The molecule has 1 aliphatic carbocycles. The highest BCUT2D eigenvalue weighted by atomic mass is 32.2. The number of anilines is 1. The van der Waals surface area contributed by atoms with Crippen LogP contribution in [0.2, 0.25) is 0 Å². The maximum Gasteiger partial charge on any atom is 0.150 e. The van der Waals surface area contributed by atoms with Crippen LogP contribution in [0.3, 0.4) is 0 Å². The number of benzene rings is 2. The van der Waals surface area contributed by atoms with Gasteiger partial charge in [0.1, 0.15) is 11.0 Å². The Balaban J connectivity index is 1.70. The first-order chi connectivity index (χ1) is 9.24. The Morgan fingerprint density at radius 1 is 1.05 bits per heavy atom. The number of hydrogen-bond acceptors (Lipinski definition) is 1. The lowest BCUT2D eigenvalue weighted by Crippen LogP contribution is -2.04. The highest BCUT2D eigenvalue weighted by Crippen LogP contribution is 2.46. The van der Waals surface area contributed by atoms with Gasteiger partial charge in [0.25, 0.3) is 0 Å². The van der Waals surface area contributed by atoms with Gasteiger partial charge in [-0.3, -0.25) is 0 Å². The van der Waals surface area contributed by atoms with E-state index in [1.165, 1.54) is 12.0 Å². The Hall–Kier alpha value is -1.61. The highest BCUT2D eigenvalue weighted by molar-refractivity contribution is 7.86. The van der Waals surface area contributed by atoms with Gasteiger partial charge in [0.05, 0.1) is 4.90 Å². The summed E-state index contributed by atoms with van der Waals surface area (Å²) in [6.45, 7) is 2.27. The quantitative estimate of drug-likeness (QED) is 0.896. The Morgan fingerprint density at radius 3 is 2.26 bits per heavy atom. The number of rotatable bonds is 4. The third kappa shape index (κ3) is 2.87. The zero-order chi connectivity index (χ0) is 13.2. The number of hydrogen-bond donors (Lipinski definition) is 1. The van der Waals surface area contributed by atoms with E-state index in [1.807, 2.05) is 42.5 Å². The maximum atomic E-state index is 12.2. The zero-order valence-corrected chi connectivity index (χ0v) is 11.7. The second kappa shape index (κ2) is 5.17. The van der Waals surface area contributed by atoms with Crippen LogP contribution < -0.4 is 4.72 Å². The summed E-state index contributed by atoms with van der Waals surface area (Å²) in [5.74, 6) is 1.52. The van der Waals surface area contributed by atoms with Gasteiger partial charge in [-0.25, -0.2) is 4.21 Å². The fraction of sp³-hybridized carbons (Fsp3) is 0.250. The van der Waals surface area contributed by atoms with Gasteiger partial charge < -0.3 is 4.72 Å². The summed E-state index contributed by atoms with van der Waals surface area (Å²) >= 11 is 0. The Bertz CT molecular complexity index is 579. The monoisotopic (exact) mass is 271 g/mol. The normalized spacial score (nSPS) is 22.8. The van der Waals surface area contributed by atoms with Gasteiger partial charge in [-0.15, -0.1) is 0 Å². The molecule has 1 N–H and O–H groups in total. The molecule has 0 aromatic heterocycles. The summed E-state index contributed by atoms with van der Waals surface area (Å²) in [5, 5.41) is 0. The van der Waals surface area contributed by atoms with E-state index in [0.717, 1.165) is 16.5 Å². The summed E-state index contributed by atoms with van der Waals surface area (Å²) in [6.07, 6.45) is 1.28. The molecule has 0 radical (unpaired) electrons. The first kappa shape index (κ1) is 12.4. The van der Waals surface area contributed by atoms with Crippen LogP contribution in [0, 0.1) is 5.92 Å². The van der Waals surface area contributed by atoms with Crippen molar-refractivity contribution in [2.45, 2.75) is 24.2 Å². The predicted molar refractivity (Wildman–Crippen MR) is 79.4 cm³/mol. The lowest BCUT2D eigenvalue weighted by atomic mass is 10.1. The first-order valence-corrected chi connectivity index (χ1v) is 7.72. The Labute approximate surface area is 116 Å². The minimum absolute atomic E-state index is 0.713. The van der Waals surface area contributed by atoms with Crippen molar-refractivity contribution in [2.24, 2.45) is 5.92 Å². The largest absolute Gasteiger partial charge is 0.301 e. The molecule has 3 atom stereocenters. The molecule has 2 nitrogen and oxygen atoms in total. The first-order valence-electron chi connectivity index (χ1n) is 6.57. The van der Waals surface area contributed by atoms with Gasteiger partial charge in [0, 0.05) is 5.69 Å². The molecule has 1 fully saturated rings. The van der Waals surface area contributed by atoms with Crippen molar-refractivity contribution in [1.29, 1.82) is 0 Å². The van der Waals surface area contributed by atoms with E-state index in [4.69, 9.17) is 0 Å². The molecule has 1 saturated carbocycles. The van der Waals surface area contributed by atoms with Crippen LogP contribution in [0.15, 0.2) is 59.5 Å². The minimum atomic E-state index is -1.19. The van der Waals surface area contributed by atoms with Crippen molar-refractivity contribution in [3.63, 3.8) is 0 Å². The Kier molecular flexibility index (Phi) is 3.38. The molecule has 0 heterocycles. The molecular weight excluding hydrogens is 254 g/mol. The van der Waals surface area contributed by atoms with Crippen LogP contribution in [-0.4, -0.2) is 4.21 Å². The highest BCUT2D eigenvalue weighted by Gasteiger charge is 2.33. The lowest BCUT2D eigenvalue weighted by Gasteiger charge is -2.06. The van der Waals surface area contributed by atoms with Gasteiger partial charge in [0.2, 0.25) is 0 Å². The van der Waals surface area contributed by atoms with E-state index in [-0.39, 0.29) is 0 Å². The molecular formula is C16H17NOS. The van der Waals surface area contributed by atoms with Crippen molar-refractivity contribution >= 4 is 16.7 Å². The van der Waals surface area contributed by atoms with Crippen molar-refractivity contribution in [2.75, 3.05) is 4.72 Å². The lowest BCUT2D eigenvalue weighted by molar-refractivity contribution is 0.686. The molecule has 1 aliphatic rings. The van der Waals surface area contributed by atoms with E-state index in [2.05, 4.69) is 23.8 Å².